The van der Waals surface area contributed by atoms with Crippen LogP contribution in [0.15, 0.2) is 18.5 Å². The lowest BCUT2D eigenvalue weighted by Gasteiger charge is -2.36. The first-order chi connectivity index (χ1) is 13.6. The Morgan fingerprint density at radius 1 is 0.821 bits per heavy atom. The number of carbonyl (C=O) groups is 1. The Kier molecular flexibility index (Phi) is 5.36. The Balaban J connectivity index is 1.42. The van der Waals surface area contributed by atoms with Gasteiger partial charge in [0.15, 0.2) is 0 Å². The monoisotopic (exact) mass is 381 g/mol. The number of nitrogens with zero attached hydrogens (tertiary/aromatic N) is 7. The lowest BCUT2D eigenvalue weighted by molar-refractivity contribution is 0.0740. The summed E-state index contributed by atoms with van der Waals surface area (Å²) in [6, 6.07) is 2.10. The molecular formula is C20H27N7O. The predicted octanol–water partition coefficient (Wildman–Crippen LogP) is 1.84. The first-order valence-electron chi connectivity index (χ1n) is 10.0. The quantitative estimate of drug-likeness (QED) is 0.803. The molecule has 2 aromatic rings. The van der Waals surface area contributed by atoms with E-state index in [0.717, 1.165) is 49.3 Å². The molecule has 0 aromatic carbocycles. The summed E-state index contributed by atoms with van der Waals surface area (Å²) < 4.78 is 0. The van der Waals surface area contributed by atoms with Gasteiger partial charge < -0.3 is 14.7 Å². The third-order valence-electron chi connectivity index (χ3n) is 5.38. The SMILES string of the molecule is Cc1cnc(C(=O)N2CCN(c3cc(N4CCCCC4)nc(C)n3)CC2)cn1. The fraction of sp³-hybridized carbons (Fsp3) is 0.550. The fourth-order valence-corrected chi connectivity index (χ4v) is 3.79. The van der Waals surface area contributed by atoms with E-state index in [9.17, 15) is 4.79 Å². The van der Waals surface area contributed by atoms with Crippen molar-refractivity contribution in [2.75, 3.05) is 49.1 Å². The molecule has 2 aromatic heterocycles. The molecule has 148 valence electrons. The topological polar surface area (TPSA) is 78.4 Å². The van der Waals surface area contributed by atoms with Crippen LogP contribution in [0.1, 0.15) is 41.3 Å². The Morgan fingerprint density at radius 3 is 2.07 bits per heavy atom. The lowest BCUT2D eigenvalue weighted by Crippen LogP contribution is -2.49. The fourth-order valence-electron chi connectivity index (χ4n) is 3.79. The number of carbonyl (C=O) groups excluding carboxylic acids is 1. The second kappa shape index (κ2) is 8.08. The van der Waals surface area contributed by atoms with Gasteiger partial charge in [0.05, 0.1) is 11.9 Å². The van der Waals surface area contributed by atoms with Crippen LogP contribution in [0.2, 0.25) is 0 Å². The molecule has 0 saturated carbocycles. The van der Waals surface area contributed by atoms with Crippen molar-refractivity contribution in [2.24, 2.45) is 0 Å². The van der Waals surface area contributed by atoms with Crippen molar-refractivity contribution < 1.29 is 4.79 Å². The molecule has 2 saturated heterocycles. The van der Waals surface area contributed by atoms with E-state index >= 15 is 0 Å². The number of piperidine rings is 1. The van der Waals surface area contributed by atoms with Crippen LogP contribution >= 0.6 is 0 Å². The number of hydrogen-bond donors (Lipinski definition) is 0. The normalized spacial score (nSPS) is 17.7. The van der Waals surface area contributed by atoms with Crippen molar-refractivity contribution in [1.82, 2.24) is 24.8 Å². The molecule has 0 spiro atoms. The third kappa shape index (κ3) is 4.05. The van der Waals surface area contributed by atoms with Gasteiger partial charge in [0.25, 0.3) is 5.91 Å². The van der Waals surface area contributed by atoms with Gasteiger partial charge in [-0.3, -0.25) is 9.78 Å². The number of rotatable bonds is 3. The summed E-state index contributed by atoms with van der Waals surface area (Å²) in [6.45, 7) is 8.75. The summed E-state index contributed by atoms with van der Waals surface area (Å²) in [4.78, 5) is 36.8. The van der Waals surface area contributed by atoms with Crippen LogP contribution in [0.4, 0.5) is 11.6 Å². The van der Waals surface area contributed by atoms with Crippen molar-refractivity contribution in [1.29, 1.82) is 0 Å². The summed E-state index contributed by atoms with van der Waals surface area (Å²) in [5, 5.41) is 0. The summed E-state index contributed by atoms with van der Waals surface area (Å²) in [5.74, 6) is 2.72. The number of aryl methyl sites for hydroxylation is 2. The second-order valence-electron chi connectivity index (χ2n) is 7.50. The van der Waals surface area contributed by atoms with E-state index in [1.165, 1.54) is 19.3 Å². The smallest absolute Gasteiger partial charge is 0.274 e. The summed E-state index contributed by atoms with van der Waals surface area (Å²) >= 11 is 0. The molecule has 4 rings (SSSR count). The molecule has 0 N–H and O–H groups in total. The van der Waals surface area contributed by atoms with Crippen LogP contribution in [0.5, 0.6) is 0 Å². The van der Waals surface area contributed by atoms with Crippen molar-refractivity contribution in [3.63, 3.8) is 0 Å². The minimum Gasteiger partial charge on any atom is -0.356 e. The molecule has 8 nitrogen and oxygen atoms in total. The van der Waals surface area contributed by atoms with Crippen LogP contribution < -0.4 is 9.80 Å². The number of aromatic nitrogens is 4. The highest BCUT2D eigenvalue weighted by atomic mass is 16.2. The Morgan fingerprint density at radius 2 is 1.46 bits per heavy atom. The van der Waals surface area contributed by atoms with E-state index in [2.05, 4.69) is 35.8 Å². The molecule has 2 fully saturated rings. The molecule has 2 aliphatic heterocycles. The number of amides is 1. The Bertz CT molecular complexity index is 825. The zero-order valence-electron chi connectivity index (χ0n) is 16.6. The minimum atomic E-state index is -0.0555. The molecule has 0 unspecified atom stereocenters. The number of anilines is 2. The first kappa shape index (κ1) is 18.6. The van der Waals surface area contributed by atoms with Crippen LogP contribution in [-0.2, 0) is 0 Å². The van der Waals surface area contributed by atoms with E-state index in [4.69, 9.17) is 0 Å². The molecule has 1 amide bonds. The summed E-state index contributed by atoms with van der Waals surface area (Å²) in [7, 11) is 0. The van der Waals surface area contributed by atoms with Crippen molar-refractivity contribution in [3.8, 4) is 0 Å². The van der Waals surface area contributed by atoms with Gasteiger partial charge in [0.2, 0.25) is 0 Å². The molecule has 8 heteroatoms. The van der Waals surface area contributed by atoms with Gasteiger partial charge in [-0.05, 0) is 33.1 Å². The zero-order valence-corrected chi connectivity index (χ0v) is 16.6. The molecule has 0 aliphatic carbocycles. The number of hydrogen-bond acceptors (Lipinski definition) is 7. The maximum atomic E-state index is 12.6. The lowest BCUT2D eigenvalue weighted by atomic mass is 10.1. The molecule has 0 bridgehead atoms. The number of piperazine rings is 1. The molecule has 0 atom stereocenters. The van der Waals surface area contributed by atoms with E-state index in [0.29, 0.717) is 18.8 Å². The van der Waals surface area contributed by atoms with Gasteiger partial charge in [-0.1, -0.05) is 0 Å². The van der Waals surface area contributed by atoms with Gasteiger partial charge in [-0.15, -0.1) is 0 Å². The summed E-state index contributed by atoms with van der Waals surface area (Å²) in [6.07, 6.45) is 6.94. The van der Waals surface area contributed by atoms with Crippen molar-refractivity contribution in [2.45, 2.75) is 33.1 Å². The molecule has 2 aliphatic rings. The van der Waals surface area contributed by atoms with Gasteiger partial charge in [-0.2, -0.15) is 0 Å². The maximum Gasteiger partial charge on any atom is 0.274 e. The van der Waals surface area contributed by atoms with Crippen LogP contribution in [0.3, 0.4) is 0 Å². The largest absolute Gasteiger partial charge is 0.356 e. The molecule has 0 radical (unpaired) electrons. The molecular weight excluding hydrogens is 354 g/mol. The standard InChI is InChI=1S/C20H27N7O/c1-15-13-22-17(14-21-15)20(28)27-10-8-26(9-11-27)19-12-18(23-16(2)24-19)25-6-4-3-5-7-25/h12-14H,3-11H2,1-2H3. The van der Waals surface area contributed by atoms with E-state index < -0.39 is 0 Å². The van der Waals surface area contributed by atoms with Gasteiger partial charge in [-0.25, -0.2) is 15.0 Å². The molecule has 28 heavy (non-hydrogen) atoms. The molecule has 4 heterocycles. The highest BCUT2D eigenvalue weighted by Gasteiger charge is 2.25. The average molecular weight is 381 g/mol. The predicted molar refractivity (Wildman–Crippen MR) is 108 cm³/mol. The van der Waals surface area contributed by atoms with Gasteiger partial charge in [0, 0.05) is 51.5 Å². The zero-order chi connectivity index (χ0) is 19.5. The van der Waals surface area contributed by atoms with Crippen molar-refractivity contribution in [3.05, 3.63) is 35.7 Å². The minimum absolute atomic E-state index is 0.0555. The van der Waals surface area contributed by atoms with E-state index in [1.54, 1.807) is 12.4 Å². The highest BCUT2D eigenvalue weighted by molar-refractivity contribution is 5.92. The van der Waals surface area contributed by atoms with E-state index in [-0.39, 0.29) is 5.91 Å². The first-order valence-corrected chi connectivity index (χ1v) is 10.0. The van der Waals surface area contributed by atoms with E-state index in [1.807, 2.05) is 18.7 Å². The van der Waals surface area contributed by atoms with Crippen LogP contribution in [0.25, 0.3) is 0 Å². The average Bonchev–Trinajstić information content (AvgIpc) is 2.74. The van der Waals surface area contributed by atoms with Crippen LogP contribution in [-0.4, -0.2) is 70.0 Å². The van der Waals surface area contributed by atoms with Crippen molar-refractivity contribution >= 4 is 17.5 Å². The Hall–Kier alpha value is -2.77. The Labute approximate surface area is 165 Å². The highest BCUT2D eigenvalue weighted by Crippen LogP contribution is 2.23. The second-order valence-corrected chi connectivity index (χ2v) is 7.50. The van der Waals surface area contributed by atoms with Crippen LogP contribution in [0, 0.1) is 13.8 Å². The van der Waals surface area contributed by atoms with Gasteiger partial charge in [0.1, 0.15) is 23.2 Å². The summed E-state index contributed by atoms with van der Waals surface area (Å²) in [5.41, 5.74) is 1.22. The third-order valence-corrected chi connectivity index (χ3v) is 5.38. The van der Waals surface area contributed by atoms with Gasteiger partial charge >= 0.3 is 0 Å². The maximum absolute atomic E-state index is 12.6.